The molecule has 1 fully saturated rings. The van der Waals surface area contributed by atoms with Gasteiger partial charge in [-0.2, -0.15) is 9.29 Å². The monoisotopic (exact) mass is 448 g/mol. The minimum Gasteiger partial charge on any atom is -0.506 e. The van der Waals surface area contributed by atoms with Crippen molar-refractivity contribution in [2.75, 3.05) is 31.6 Å². The average molecular weight is 448 g/mol. The zero-order chi connectivity index (χ0) is 21.8. The van der Waals surface area contributed by atoms with Crippen LogP contribution in [0.3, 0.4) is 0 Å². The van der Waals surface area contributed by atoms with E-state index >= 15 is 0 Å². The summed E-state index contributed by atoms with van der Waals surface area (Å²) in [6.45, 7) is 1.13. The molecule has 0 saturated carbocycles. The summed E-state index contributed by atoms with van der Waals surface area (Å²) in [5.41, 5.74) is 0.00105. The molecule has 164 valence electrons. The van der Waals surface area contributed by atoms with Crippen molar-refractivity contribution in [3.8, 4) is 17.3 Å². The number of nitrogens with one attached hydrogen (secondary N) is 1. The van der Waals surface area contributed by atoms with Gasteiger partial charge in [0.2, 0.25) is 27.6 Å². The van der Waals surface area contributed by atoms with Crippen molar-refractivity contribution in [3.05, 3.63) is 42.5 Å². The first-order valence-electron chi connectivity index (χ1n) is 9.51. The number of hydrogen-bond donors (Lipinski definition) is 2. The molecule has 0 radical (unpaired) electrons. The molecule has 12 heteroatoms. The van der Waals surface area contributed by atoms with Crippen LogP contribution in [-0.2, 0) is 26.0 Å². The van der Waals surface area contributed by atoms with E-state index in [9.17, 15) is 18.3 Å². The highest BCUT2D eigenvalue weighted by Crippen LogP contribution is 2.28. The second kappa shape index (κ2) is 8.88. The number of aryl methyl sites for hydroxylation is 1. The lowest BCUT2D eigenvalue weighted by Crippen LogP contribution is -2.40. The maximum absolute atomic E-state index is 12.8. The summed E-state index contributed by atoms with van der Waals surface area (Å²) in [5.74, 6) is 0.275. The van der Waals surface area contributed by atoms with E-state index in [4.69, 9.17) is 13.7 Å². The fraction of sp³-hybridized carbons (Fsp3) is 0.316. The molecule has 4 rings (SSSR count). The zero-order valence-electron chi connectivity index (χ0n) is 16.4. The van der Waals surface area contributed by atoms with Gasteiger partial charge >= 0.3 is 0 Å². The molecule has 3 aromatic rings. The van der Waals surface area contributed by atoms with Crippen molar-refractivity contribution in [1.29, 1.82) is 0 Å². The molecule has 3 heterocycles. The first kappa shape index (κ1) is 21.0. The first-order valence-corrected chi connectivity index (χ1v) is 10.9. The van der Waals surface area contributed by atoms with Crippen molar-refractivity contribution in [3.63, 3.8) is 0 Å². The molecule has 1 aliphatic heterocycles. The van der Waals surface area contributed by atoms with Gasteiger partial charge in [-0.25, -0.2) is 8.42 Å². The van der Waals surface area contributed by atoms with E-state index in [1.54, 1.807) is 12.1 Å². The van der Waals surface area contributed by atoms with Gasteiger partial charge in [-0.1, -0.05) is 5.16 Å². The number of nitrogens with zero attached hydrogens (tertiary/aromatic N) is 3. The lowest BCUT2D eigenvalue weighted by atomic mass is 10.2. The molecule has 0 bridgehead atoms. The number of phenolic OH excluding ortho intramolecular Hbond substituents is 1. The lowest BCUT2D eigenvalue weighted by molar-refractivity contribution is -0.116. The second-order valence-corrected chi connectivity index (χ2v) is 8.67. The minimum atomic E-state index is -3.76. The molecular weight excluding hydrogens is 428 g/mol. The van der Waals surface area contributed by atoms with Gasteiger partial charge in [0, 0.05) is 25.9 Å². The van der Waals surface area contributed by atoms with Crippen molar-refractivity contribution in [2.45, 2.75) is 17.7 Å². The number of phenols is 1. The Balaban J connectivity index is 1.40. The Morgan fingerprint density at radius 2 is 2.03 bits per heavy atom. The smallest absolute Gasteiger partial charge is 0.243 e. The number of aromatic nitrogens is 2. The van der Waals surface area contributed by atoms with Crippen LogP contribution in [0.2, 0.25) is 0 Å². The number of furan rings is 1. The van der Waals surface area contributed by atoms with E-state index in [-0.39, 0.29) is 54.0 Å². The summed E-state index contributed by atoms with van der Waals surface area (Å²) >= 11 is 0. The summed E-state index contributed by atoms with van der Waals surface area (Å²) in [6, 6.07) is 7.14. The number of morpholine rings is 1. The second-order valence-electron chi connectivity index (χ2n) is 6.73. The predicted molar refractivity (Wildman–Crippen MR) is 107 cm³/mol. The lowest BCUT2D eigenvalue weighted by Gasteiger charge is -2.26. The third-order valence-corrected chi connectivity index (χ3v) is 6.52. The van der Waals surface area contributed by atoms with Crippen LogP contribution in [0.5, 0.6) is 5.75 Å². The molecule has 31 heavy (non-hydrogen) atoms. The third kappa shape index (κ3) is 4.76. The van der Waals surface area contributed by atoms with Crippen LogP contribution in [-0.4, -0.2) is 60.2 Å². The number of benzene rings is 1. The summed E-state index contributed by atoms with van der Waals surface area (Å²) in [7, 11) is -3.76. The van der Waals surface area contributed by atoms with Gasteiger partial charge in [0.1, 0.15) is 5.75 Å². The SMILES string of the molecule is O=C(CCc1nc(-c2ccco2)no1)Nc1cc(S(=O)(=O)N2CCOCC2)ccc1O. The Kier molecular flexibility index (Phi) is 6.02. The summed E-state index contributed by atoms with van der Waals surface area (Å²) in [4.78, 5) is 16.5. The van der Waals surface area contributed by atoms with Gasteiger partial charge in [0.25, 0.3) is 0 Å². The van der Waals surface area contributed by atoms with E-state index in [1.165, 1.54) is 28.8 Å². The molecule has 1 saturated heterocycles. The maximum Gasteiger partial charge on any atom is 0.243 e. The first-order chi connectivity index (χ1) is 14.9. The molecule has 0 unspecified atom stereocenters. The Morgan fingerprint density at radius 3 is 2.77 bits per heavy atom. The van der Waals surface area contributed by atoms with E-state index in [0.717, 1.165) is 0 Å². The van der Waals surface area contributed by atoms with Crippen molar-refractivity contribution < 1.29 is 32.0 Å². The molecule has 0 spiro atoms. The van der Waals surface area contributed by atoms with Crippen molar-refractivity contribution >= 4 is 21.6 Å². The molecule has 0 aliphatic carbocycles. The zero-order valence-corrected chi connectivity index (χ0v) is 17.2. The van der Waals surface area contributed by atoms with Crippen molar-refractivity contribution in [2.24, 2.45) is 0 Å². The van der Waals surface area contributed by atoms with Gasteiger partial charge in [0.05, 0.1) is 30.1 Å². The molecule has 1 aromatic carbocycles. The Hall–Kier alpha value is -3.22. The molecule has 1 amide bonds. The van der Waals surface area contributed by atoms with Gasteiger partial charge in [0.15, 0.2) is 5.76 Å². The topological polar surface area (TPSA) is 148 Å². The molecule has 1 aliphatic rings. The number of amides is 1. The fourth-order valence-corrected chi connectivity index (χ4v) is 4.44. The van der Waals surface area contributed by atoms with E-state index < -0.39 is 15.9 Å². The van der Waals surface area contributed by atoms with Crippen LogP contribution >= 0.6 is 0 Å². The molecule has 0 atom stereocenters. The van der Waals surface area contributed by atoms with Crippen LogP contribution in [0.25, 0.3) is 11.6 Å². The van der Waals surface area contributed by atoms with Crippen LogP contribution in [0, 0.1) is 0 Å². The highest BCUT2D eigenvalue weighted by molar-refractivity contribution is 7.89. The summed E-state index contributed by atoms with van der Waals surface area (Å²) in [6.07, 6.45) is 1.63. The summed E-state index contributed by atoms with van der Waals surface area (Å²) in [5, 5.41) is 16.4. The Morgan fingerprint density at radius 1 is 1.23 bits per heavy atom. The number of sulfonamides is 1. The number of anilines is 1. The Bertz CT molecular complexity index is 1150. The van der Waals surface area contributed by atoms with Crippen LogP contribution in [0.15, 0.2) is 50.4 Å². The Labute approximate surface area is 177 Å². The minimum absolute atomic E-state index is 0.00105. The normalized spacial score (nSPS) is 15.1. The van der Waals surface area contributed by atoms with Gasteiger partial charge < -0.3 is 24.1 Å². The molecule has 2 N–H and O–H groups in total. The fourth-order valence-electron chi connectivity index (χ4n) is 3.01. The number of carbonyl (C=O) groups is 1. The molecular formula is C19H20N4O7S. The maximum atomic E-state index is 12.8. The highest BCUT2D eigenvalue weighted by atomic mass is 32.2. The largest absolute Gasteiger partial charge is 0.506 e. The number of ether oxygens (including phenoxy) is 1. The predicted octanol–water partition coefficient (Wildman–Crippen LogP) is 1.63. The number of carbonyl (C=O) groups excluding carboxylic acids is 1. The highest BCUT2D eigenvalue weighted by Gasteiger charge is 2.27. The van der Waals surface area contributed by atoms with E-state index in [1.807, 2.05) is 0 Å². The van der Waals surface area contributed by atoms with Crippen LogP contribution in [0.1, 0.15) is 12.3 Å². The number of rotatable bonds is 7. The average Bonchev–Trinajstić information content (AvgIpc) is 3.46. The van der Waals surface area contributed by atoms with Gasteiger partial charge in [-0.3, -0.25) is 4.79 Å². The standard InChI is InChI=1S/C19H20N4O7S/c24-15-4-3-13(31(26,27)23-7-10-28-11-8-23)12-14(15)20-17(25)5-6-18-21-19(22-30-18)16-2-1-9-29-16/h1-4,9,12,24H,5-8,10-11H2,(H,20,25). The van der Waals surface area contributed by atoms with E-state index in [0.29, 0.717) is 19.0 Å². The third-order valence-electron chi connectivity index (χ3n) is 4.63. The van der Waals surface area contributed by atoms with Crippen LogP contribution in [0.4, 0.5) is 5.69 Å². The quantitative estimate of drug-likeness (QED) is 0.514. The summed E-state index contributed by atoms with van der Waals surface area (Å²) < 4.78 is 42.3. The van der Waals surface area contributed by atoms with Gasteiger partial charge in [-0.05, 0) is 30.3 Å². The van der Waals surface area contributed by atoms with Crippen LogP contribution < -0.4 is 5.32 Å². The van der Waals surface area contributed by atoms with Gasteiger partial charge in [-0.15, -0.1) is 0 Å². The van der Waals surface area contributed by atoms with E-state index in [2.05, 4.69) is 15.5 Å². The van der Waals surface area contributed by atoms with Crippen molar-refractivity contribution in [1.82, 2.24) is 14.4 Å². The number of hydrogen-bond acceptors (Lipinski definition) is 9. The number of aromatic hydroxyl groups is 1. The molecule has 11 nitrogen and oxygen atoms in total. The molecule has 2 aromatic heterocycles.